The van der Waals surface area contributed by atoms with Gasteiger partial charge in [-0.05, 0) is 48.1 Å². The zero-order valence-corrected chi connectivity index (χ0v) is 28.7. The molecule has 1 aliphatic heterocycles. The van der Waals surface area contributed by atoms with E-state index in [1.165, 1.54) is 0 Å². The molecule has 0 unspecified atom stereocenters. The van der Waals surface area contributed by atoms with Crippen LogP contribution in [-0.4, -0.2) is 21.4 Å². The minimum absolute atomic E-state index is 0. The average molecular weight is 768 g/mol. The number of para-hydroxylation sites is 2. The second kappa shape index (κ2) is 12.3. The molecule has 2 aromatic carbocycles. The number of ether oxygens (including phenoxy) is 2. The van der Waals surface area contributed by atoms with Crippen molar-refractivity contribution in [3.8, 4) is 23.1 Å². The van der Waals surface area contributed by atoms with Crippen molar-refractivity contribution in [3.05, 3.63) is 103 Å². The minimum atomic E-state index is -0.0447. The molecule has 0 spiro atoms. The van der Waals surface area contributed by atoms with Crippen molar-refractivity contribution < 1.29 is 30.5 Å². The topological polar surface area (TPSA) is 55.1 Å². The van der Waals surface area contributed by atoms with Gasteiger partial charge in [-0.15, -0.1) is 23.9 Å². The molecule has 1 aliphatic rings. The van der Waals surface area contributed by atoms with Crippen molar-refractivity contribution >= 4 is 22.7 Å². The molecular formula is C36H38N5O2Pt-3. The predicted molar refractivity (Wildman–Crippen MR) is 172 cm³/mol. The summed E-state index contributed by atoms with van der Waals surface area (Å²) in [5.41, 5.74) is 7.03. The first-order chi connectivity index (χ1) is 20.5. The van der Waals surface area contributed by atoms with Crippen molar-refractivity contribution in [1.29, 1.82) is 0 Å². The molecule has 0 atom stereocenters. The molecule has 0 radical (unpaired) electrons. The van der Waals surface area contributed by atoms with Gasteiger partial charge in [-0.3, -0.25) is 4.98 Å². The molecule has 0 fully saturated rings. The number of anilines is 3. The predicted octanol–water partition coefficient (Wildman–Crippen LogP) is 9.16. The normalized spacial score (nSPS) is 13.0. The number of hydrogen-bond acceptors (Lipinski definition) is 6. The van der Waals surface area contributed by atoms with Crippen LogP contribution in [0.25, 0.3) is 5.65 Å². The monoisotopic (exact) mass is 767 g/mol. The van der Waals surface area contributed by atoms with Crippen LogP contribution in [0, 0.1) is 18.8 Å². The molecule has 0 aliphatic carbocycles. The maximum Gasteiger partial charge on any atom is 0.216 e. The van der Waals surface area contributed by atoms with Gasteiger partial charge in [-0.1, -0.05) is 72.9 Å². The maximum atomic E-state index is 6.45. The number of benzene rings is 2. The number of pyridine rings is 2. The van der Waals surface area contributed by atoms with Crippen molar-refractivity contribution in [2.45, 2.75) is 65.7 Å². The second-order valence-electron chi connectivity index (χ2n) is 12.7. The fourth-order valence-corrected chi connectivity index (χ4v) is 5.44. The van der Waals surface area contributed by atoms with Gasteiger partial charge in [0.2, 0.25) is 5.88 Å². The average Bonchev–Trinajstić information content (AvgIpc) is 3.52. The smallest absolute Gasteiger partial charge is 0.216 e. The van der Waals surface area contributed by atoms with E-state index in [1.54, 1.807) is 6.20 Å². The standard InChI is InChI=1S/C36H38N5O2.Pt/c1-23(2)33-34(24(3)4)40-21-28(20-31(35(40)38-33)43-32-18-25(16-17-37-32)36(5,6)7)42-27-13-11-12-26(19-27)41-22-39(8)29-14-9-10-15-30(29)41;/h9-18,21-24H,1-8H3;/q-3;. The van der Waals surface area contributed by atoms with Gasteiger partial charge in [0.25, 0.3) is 0 Å². The Morgan fingerprint density at radius 3 is 2.32 bits per heavy atom. The summed E-state index contributed by atoms with van der Waals surface area (Å²) in [4.78, 5) is 13.8. The number of fused-ring (bicyclic) bond motifs is 2. The molecule has 5 aromatic rings. The van der Waals surface area contributed by atoms with Gasteiger partial charge in [-0.25, -0.2) is 4.98 Å². The Morgan fingerprint density at radius 2 is 1.61 bits per heavy atom. The van der Waals surface area contributed by atoms with Crippen LogP contribution in [0.1, 0.15) is 77.3 Å². The van der Waals surface area contributed by atoms with E-state index in [9.17, 15) is 0 Å². The summed E-state index contributed by atoms with van der Waals surface area (Å²) in [6, 6.07) is 25.0. The van der Waals surface area contributed by atoms with Gasteiger partial charge in [0.15, 0.2) is 0 Å². The van der Waals surface area contributed by atoms with E-state index in [0.29, 0.717) is 28.8 Å². The number of rotatable bonds is 7. The summed E-state index contributed by atoms with van der Waals surface area (Å²) in [5, 5.41) is 0. The zero-order chi connectivity index (χ0) is 30.5. The summed E-state index contributed by atoms with van der Waals surface area (Å²) in [6.07, 6.45) is 3.73. The van der Waals surface area contributed by atoms with Gasteiger partial charge < -0.3 is 23.7 Å². The molecule has 0 bridgehead atoms. The largest absolute Gasteiger partial charge is 0.508 e. The number of hydrogen-bond donors (Lipinski definition) is 0. The summed E-state index contributed by atoms with van der Waals surface area (Å²) < 4.78 is 15.0. The molecule has 44 heavy (non-hydrogen) atoms. The molecule has 8 heteroatoms. The minimum Gasteiger partial charge on any atom is -0.508 e. The number of nitrogens with zero attached hydrogens (tertiary/aromatic N) is 5. The summed E-state index contributed by atoms with van der Waals surface area (Å²) in [5.74, 6) is 2.49. The molecular weight excluding hydrogens is 730 g/mol. The summed E-state index contributed by atoms with van der Waals surface area (Å²) >= 11 is 0. The molecule has 0 saturated carbocycles. The van der Waals surface area contributed by atoms with Gasteiger partial charge in [-0.2, -0.15) is 12.7 Å². The Labute approximate surface area is 275 Å². The van der Waals surface area contributed by atoms with E-state index in [1.807, 2.05) is 55.7 Å². The summed E-state index contributed by atoms with van der Waals surface area (Å²) in [7, 11) is 2.04. The number of aromatic nitrogens is 3. The SMILES string of the molecule is CC(C)c1nc2c(Oc3cc(C(C)(C)C)ccn3)[c-]c(Oc3[c-]c(N4[CH-]N(C)c5ccccc54)ccc3)cn2c1C(C)C.[Pt]. The number of imidazole rings is 1. The molecule has 3 aromatic heterocycles. The van der Waals surface area contributed by atoms with E-state index < -0.39 is 0 Å². The van der Waals surface area contributed by atoms with Crippen molar-refractivity contribution in [1.82, 2.24) is 14.4 Å². The summed E-state index contributed by atoms with van der Waals surface area (Å²) in [6.45, 7) is 17.3. The van der Waals surface area contributed by atoms with E-state index in [2.05, 4.69) is 98.6 Å². The first-order valence-corrected chi connectivity index (χ1v) is 14.8. The first-order valence-electron chi connectivity index (χ1n) is 14.8. The molecule has 0 saturated heterocycles. The van der Waals surface area contributed by atoms with Crippen LogP contribution in [0.2, 0.25) is 0 Å². The zero-order valence-electron chi connectivity index (χ0n) is 26.5. The quantitative estimate of drug-likeness (QED) is 0.154. The van der Waals surface area contributed by atoms with Crippen LogP contribution in [0.5, 0.6) is 23.1 Å². The van der Waals surface area contributed by atoms with Crippen LogP contribution >= 0.6 is 0 Å². The second-order valence-corrected chi connectivity index (χ2v) is 12.7. The van der Waals surface area contributed by atoms with E-state index >= 15 is 0 Å². The fraction of sp³-hybridized carbons (Fsp3) is 0.306. The Balaban J connectivity index is 0.00000384. The van der Waals surface area contributed by atoms with Crippen LogP contribution in [0.15, 0.2) is 67.0 Å². The van der Waals surface area contributed by atoms with Gasteiger partial charge in [0, 0.05) is 67.6 Å². The van der Waals surface area contributed by atoms with Gasteiger partial charge >= 0.3 is 0 Å². The van der Waals surface area contributed by atoms with E-state index in [0.717, 1.165) is 34.0 Å². The molecule has 6 rings (SSSR count). The van der Waals surface area contributed by atoms with Crippen molar-refractivity contribution in [2.24, 2.45) is 0 Å². The van der Waals surface area contributed by atoms with Crippen LogP contribution in [0.4, 0.5) is 17.1 Å². The molecule has 0 N–H and O–H groups in total. The Hall–Kier alpha value is -3.83. The third-order valence-corrected chi connectivity index (χ3v) is 7.61. The van der Waals surface area contributed by atoms with Crippen molar-refractivity contribution in [2.75, 3.05) is 16.8 Å². The molecule has 4 heterocycles. The van der Waals surface area contributed by atoms with E-state index in [-0.39, 0.29) is 38.3 Å². The third kappa shape index (κ3) is 6.07. The fourth-order valence-electron chi connectivity index (χ4n) is 5.44. The van der Waals surface area contributed by atoms with E-state index in [4.69, 9.17) is 14.5 Å². The molecule has 7 nitrogen and oxygen atoms in total. The van der Waals surface area contributed by atoms with Crippen LogP contribution < -0.4 is 19.3 Å². The van der Waals surface area contributed by atoms with Crippen molar-refractivity contribution in [3.63, 3.8) is 0 Å². The maximum absolute atomic E-state index is 6.45. The Kier molecular flexibility index (Phi) is 8.82. The Morgan fingerprint density at radius 1 is 0.864 bits per heavy atom. The Bertz CT molecular complexity index is 1790. The first kappa shape index (κ1) is 31.6. The molecule has 0 amide bonds. The third-order valence-electron chi connectivity index (χ3n) is 7.61. The van der Waals surface area contributed by atoms with Crippen LogP contribution in [0.3, 0.4) is 0 Å². The van der Waals surface area contributed by atoms with Gasteiger partial charge in [0.05, 0.1) is 11.4 Å². The van der Waals surface area contributed by atoms with Gasteiger partial charge in [0.1, 0.15) is 0 Å². The molecule has 232 valence electrons. The van der Waals surface area contributed by atoms with Crippen LogP contribution in [-0.2, 0) is 26.5 Å².